The van der Waals surface area contributed by atoms with E-state index in [1.54, 1.807) is 13.8 Å². The first-order chi connectivity index (χ1) is 8.67. The second kappa shape index (κ2) is 7.98. The summed E-state index contributed by atoms with van der Waals surface area (Å²) in [5, 5.41) is 11.2. The number of ether oxygens (including phenoxy) is 1. The lowest BCUT2D eigenvalue weighted by atomic mass is 9.99. The molecule has 112 valence electrons. The number of carboxylic acid groups (broad SMARTS) is 1. The molecule has 5 nitrogen and oxygen atoms in total. The van der Waals surface area contributed by atoms with Gasteiger partial charge in [-0.2, -0.15) is 13.2 Å². The van der Waals surface area contributed by atoms with Gasteiger partial charge in [-0.3, -0.25) is 4.79 Å². The van der Waals surface area contributed by atoms with Crippen molar-refractivity contribution in [3.05, 3.63) is 0 Å². The average molecular weight is 285 g/mol. The first-order valence-electron chi connectivity index (χ1n) is 5.84. The quantitative estimate of drug-likeness (QED) is 0.664. The highest BCUT2D eigenvalue weighted by atomic mass is 19.4. The van der Waals surface area contributed by atoms with E-state index in [1.165, 1.54) is 0 Å². The Balaban J connectivity index is 4.04. The molecule has 2 atom stereocenters. The van der Waals surface area contributed by atoms with Gasteiger partial charge in [0, 0.05) is 6.42 Å². The number of halogens is 3. The van der Waals surface area contributed by atoms with Crippen LogP contribution >= 0.6 is 0 Å². The molecule has 8 heteroatoms. The van der Waals surface area contributed by atoms with Gasteiger partial charge in [0.25, 0.3) is 0 Å². The molecular formula is C11H18F3NO4. The van der Waals surface area contributed by atoms with Crippen molar-refractivity contribution in [2.24, 2.45) is 5.92 Å². The minimum Gasteiger partial charge on any atom is -0.480 e. The van der Waals surface area contributed by atoms with Crippen LogP contribution in [0.5, 0.6) is 0 Å². The largest absolute Gasteiger partial charge is 0.480 e. The highest BCUT2D eigenvalue weighted by Crippen LogP contribution is 2.14. The summed E-state index contributed by atoms with van der Waals surface area (Å²) in [5.41, 5.74) is 0. The number of amides is 1. The van der Waals surface area contributed by atoms with Gasteiger partial charge in [0.2, 0.25) is 5.91 Å². The van der Waals surface area contributed by atoms with E-state index in [0.29, 0.717) is 6.42 Å². The van der Waals surface area contributed by atoms with E-state index >= 15 is 0 Å². The molecule has 0 rings (SSSR count). The summed E-state index contributed by atoms with van der Waals surface area (Å²) in [4.78, 5) is 22.3. The summed E-state index contributed by atoms with van der Waals surface area (Å²) in [5.74, 6) is -2.08. The van der Waals surface area contributed by atoms with E-state index in [1.807, 2.05) is 0 Å². The molecule has 1 amide bonds. The summed E-state index contributed by atoms with van der Waals surface area (Å²) in [6, 6.07) is -1.04. The monoisotopic (exact) mass is 285 g/mol. The Hall–Kier alpha value is -1.31. The molecule has 0 fully saturated rings. The van der Waals surface area contributed by atoms with Crippen molar-refractivity contribution in [1.82, 2.24) is 5.32 Å². The van der Waals surface area contributed by atoms with E-state index in [4.69, 9.17) is 5.11 Å². The van der Waals surface area contributed by atoms with Crippen LogP contribution < -0.4 is 5.32 Å². The molecule has 2 N–H and O–H groups in total. The van der Waals surface area contributed by atoms with Crippen molar-refractivity contribution in [1.29, 1.82) is 0 Å². The predicted molar refractivity (Wildman–Crippen MR) is 60.5 cm³/mol. The first kappa shape index (κ1) is 17.7. The third kappa shape index (κ3) is 8.41. The summed E-state index contributed by atoms with van der Waals surface area (Å²) in [7, 11) is 0. The summed E-state index contributed by atoms with van der Waals surface area (Å²) in [6.07, 6.45) is -4.19. The number of carbonyl (C=O) groups is 2. The zero-order valence-electron chi connectivity index (χ0n) is 10.8. The van der Waals surface area contributed by atoms with Gasteiger partial charge in [0.05, 0.1) is 6.61 Å². The predicted octanol–water partition coefficient (Wildman–Crippen LogP) is 1.57. The zero-order chi connectivity index (χ0) is 15.1. The van der Waals surface area contributed by atoms with Gasteiger partial charge in [-0.05, 0) is 5.92 Å². The molecule has 0 saturated carbocycles. The Bertz CT molecular complexity index is 307. The van der Waals surface area contributed by atoms with Gasteiger partial charge in [-0.1, -0.05) is 20.3 Å². The Labute approximate surface area is 109 Å². The fourth-order valence-electron chi connectivity index (χ4n) is 1.28. The third-order valence-corrected chi connectivity index (χ3v) is 2.53. The first-order valence-corrected chi connectivity index (χ1v) is 5.84. The molecule has 0 radical (unpaired) electrons. The van der Waals surface area contributed by atoms with Gasteiger partial charge in [0.1, 0.15) is 12.6 Å². The van der Waals surface area contributed by atoms with E-state index in [-0.39, 0.29) is 12.3 Å². The Morgan fingerprint density at radius 2 is 1.95 bits per heavy atom. The maximum atomic E-state index is 11.7. The Morgan fingerprint density at radius 3 is 2.37 bits per heavy atom. The van der Waals surface area contributed by atoms with Gasteiger partial charge >= 0.3 is 12.1 Å². The van der Waals surface area contributed by atoms with Crippen LogP contribution in [-0.2, 0) is 14.3 Å². The molecule has 0 bridgehead atoms. The maximum absolute atomic E-state index is 11.7. The topological polar surface area (TPSA) is 75.6 Å². The van der Waals surface area contributed by atoms with Crippen LogP contribution in [0.2, 0.25) is 0 Å². The molecule has 0 aliphatic heterocycles. The van der Waals surface area contributed by atoms with Crippen LogP contribution in [0.15, 0.2) is 0 Å². The Morgan fingerprint density at radius 1 is 1.37 bits per heavy atom. The fraction of sp³-hybridized carbons (Fsp3) is 0.818. The SMILES string of the molecule is CCC(C)[C@H](NC(=O)CCOCC(F)(F)F)C(=O)O. The van der Waals surface area contributed by atoms with Crippen LogP contribution in [0.25, 0.3) is 0 Å². The molecule has 0 aromatic heterocycles. The molecule has 0 spiro atoms. The van der Waals surface area contributed by atoms with E-state index in [2.05, 4.69) is 10.1 Å². The van der Waals surface area contributed by atoms with Gasteiger partial charge in [0.15, 0.2) is 0 Å². The second-order valence-electron chi connectivity index (χ2n) is 4.19. The van der Waals surface area contributed by atoms with Gasteiger partial charge < -0.3 is 15.2 Å². The molecule has 1 unspecified atom stereocenters. The molecule has 0 aliphatic carbocycles. The molecule has 0 heterocycles. The van der Waals surface area contributed by atoms with Crippen molar-refractivity contribution in [2.45, 2.75) is 38.9 Å². The zero-order valence-corrected chi connectivity index (χ0v) is 10.8. The van der Waals surface area contributed by atoms with E-state index in [0.717, 1.165) is 0 Å². The van der Waals surface area contributed by atoms with Crippen molar-refractivity contribution < 1.29 is 32.6 Å². The van der Waals surface area contributed by atoms with E-state index in [9.17, 15) is 22.8 Å². The van der Waals surface area contributed by atoms with Crippen molar-refractivity contribution >= 4 is 11.9 Å². The van der Waals surface area contributed by atoms with Gasteiger partial charge in [-0.25, -0.2) is 4.79 Å². The lowest BCUT2D eigenvalue weighted by molar-refractivity contribution is -0.174. The summed E-state index contributed by atoms with van der Waals surface area (Å²) < 4.78 is 39.5. The molecule has 0 aliphatic rings. The van der Waals surface area contributed by atoms with Crippen LogP contribution in [0.3, 0.4) is 0 Å². The van der Waals surface area contributed by atoms with E-state index < -0.39 is 37.3 Å². The molecular weight excluding hydrogens is 267 g/mol. The summed E-state index contributed by atoms with van der Waals surface area (Å²) in [6.45, 7) is 1.62. The third-order valence-electron chi connectivity index (χ3n) is 2.53. The van der Waals surface area contributed by atoms with Gasteiger partial charge in [-0.15, -0.1) is 0 Å². The lowest BCUT2D eigenvalue weighted by Gasteiger charge is -2.20. The molecule has 0 aromatic rings. The number of hydrogen-bond donors (Lipinski definition) is 2. The minimum absolute atomic E-state index is 0.266. The minimum atomic E-state index is -4.43. The smallest absolute Gasteiger partial charge is 0.411 e. The highest BCUT2D eigenvalue weighted by Gasteiger charge is 2.28. The number of rotatable bonds is 8. The second-order valence-corrected chi connectivity index (χ2v) is 4.19. The van der Waals surface area contributed by atoms with Crippen LogP contribution in [0.1, 0.15) is 26.7 Å². The van der Waals surface area contributed by atoms with Crippen molar-refractivity contribution in [2.75, 3.05) is 13.2 Å². The number of nitrogens with one attached hydrogen (secondary N) is 1. The van der Waals surface area contributed by atoms with Crippen LogP contribution in [0, 0.1) is 5.92 Å². The number of hydrogen-bond acceptors (Lipinski definition) is 3. The molecule has 0 saturated heterocycles. The number of alkyl halides is 3. The number of carbonyl (C=O) groups excluding carboxylic acids is 1. The molecule has 0 aromatic carbocycles. The highest BCUT2D eigenvalue weighted by molar-refractivity contribution is 5.83. The van der Waals surface area contributed by atoms with Crippen molar-refractivity contribution in [3.8, 4) is 0 Å². The maximum Gasteiger partial charge on any atom is 0.411 e. The average Bonchev–Trinajstić information content (AvgIpc) is 2.29. The molecule has 19 heavy (non-hydrogen) atoms. The Kier molecular flexibility index (Phi) is 7.43. The fourth-order valence-corrected chi connectivity index (χ4v) is 1.28. The van der Waals surface area contributed by atoms with Crippen LogP contribution in [-0.4, -0.2) is 42.4 Å². The number of aliphatic carboxylic acids is 1. The summed E-state index contributed by atoms with van der Waals surface area (Å²) >= 11 is 0. The standard InChI is InChI=1S/C11H18F3NO4/c1-3-7(2)9(10(17)18)15-8(16)4-5-19-6-11(12,13)14/h7,9H,3-6H2,1-2H3,(H,15,16)(H,17,18)/t7?,9-/m0/s1. The van der Waals surface area contributed by atoms with Crippen LogP contribution in [0.4, 0.5) is 13.2 Å². The number of carboxylic acids is 1. The van der Waals surface area contributed by atoms with Crippen molar-refractivity contribution in [3.63, 3.8) is 0 Å². The lowest BCUT2D eigenvalue weighted by Crippen LogP contribution is -2.45. The normalized spacial score (nSPS) is 14.8.